The molecular formula is C21H24N2O4S2. The lowest BCUT2D eigenvalue weighted by Gasteiger charge is -2.21. The first-order chi connectivity index (χ1) is 13.9. The first kappa shape index (κ1) is 20.1. The molecule has 0 radical (unpaired) electrons. The van der Waals surface area contributed by atoms with Crippen LogP contribution in [-0.2, 0) is 21.2 Å². The van der Waals surface area contributed by atoms with Crippen LogP contribution >= 0.6 is 11.3 Å². The van der Waals surface area contributed by atoms with Crippen LogP contribution in [0.15, 0.2) is 30.5 Å². The maximum Gasteiger partial charge on any atom is 0.250 e. The van der Waals surface area contributed by atoms with Gasteiger partial charge in [0.1, 0.15) is 9.84 Å². The Balaban J connectivity index is 1.76. The SMILES string of the molecule is CCOCc1ccc(-c2cc(C(N)=O)c3[nH]cc(C4CCS(=O)(=O)CC4)c3c2)s1. The number of aromatic amines is 1. The Bertz CT molecular complexity index is 1150. The molecule has 0 unspecified atom stereocenters. The van der Waals surface area contributed by atoms with Gasteiger partial charge in [0, 0.05) is 27.9 Å². The lowest BCUT2D eigenvalue weighted by atomic mass is 9.91. The number of sulfone groups is 1. The molecule has 154 valence electrons. The van der Waals surface area contributed by atoms with Crippen molar-refractivity contribution in [1.29, 1.82) is 0 Å². The summed E-state index contributed by atoms with van der Waals surface area (Å²) >= 11 is 1.63. The number of carbonyl (C=O) groups is 1. The van der Waals surface area contributed by atoms with E-state index < -0.39 is 15.7 Å². The smallest absolute Gasteiger partial charge is 0.250 e. The van der Waals surface area contributed by atoms with Gasteiger partial charge in [-0.2, -0.15) is 0 Å². The number of hydrogen-bond acceptors (Lipinski definition) is 5. The number of benzene rings is 1. The van der Waals surface area contributed by atoms with E-state index in [1.54, 1.807) is 11.3 Å². The standard InChI is InChI=1S/C21H24N2O4S2/c1-2-27-12-15-3-4-19(28-15)14-9-16-18(13-5-7-29(25,26)8-6-13)11-23-20(16)17(10-14)21(22)24/h3-4,9-11,13,23H,2,5-8,12H2,1H3,(H2,22,24). The van der Waals surface area contributed by atoms with Crippen molar-refractivity contribution in [2.45, 2.75) is 32.3 Å². The number of hydrogen-bond donors (Lipinski definition) is 2. The van der Waals surface area contributed by atoms with E-state index in [-0.39, 0.29) is 17.4 Å². The average molecular weight is 433 g/mol. The van der Waals surface area contributed by atoms with Crippen LogP contribution in [0.3, 0.4) is 0 Å². The van der Waals surface area contributed by atoms with Gasteiger partial charge >= 0.3 is 0 Å². The summed E-state index contributed by atoms with van der Waals surface area (Å²) in [6.45, 7) is 3.19. The fourth-order valence-corrected chi connectivity index (χ4v) is 6.37. The Kier molecular flexibility index (Phi) is 5.50. The predicted molar refractivity (Wildman–Crippen MR) is 116 cm³/mol. The minimum absolute atomic E-state index is 0.153. The van der Waals surface area contributed by atoms with Gasteiger partial charge in [-0.15, -0.1) is 11.3 Å². The molecule has 1 saturated heterocycles. The van der Waals surface area contributed by atoms with Gasteiger partial charge in [0.15, 0.2) is 0 Å². The van der Waals surface area contributed by atoms with Crippen molar-refractivity contribution >= 4 is 38.0 Å². The zero-order valence-electron chi connectivity index (χ0n) is 16.2. The number of aromatic nitrogens is 1. The number of carbonyl (C=O) groups excluding carboxylic acids is 1. The van der Waals surface area contributed by atoms with Gasteiger partial charge in [-0.3, -0.25) is 4.79 Å². The molecule has 0 bridgehead atoms. The molecule has 1 aromatic carbocycles. The van der Waals surface area contributed by atoms with Crippen molar-refractivity contribution in [3.05, 3.63) is 46.5 Å². The Morgan fingerprint density at radius 1 is 1.28 bits per heavy atom. The molecule has 29 heavy (non-hydrogen) atoms. The fraction of sp³-hybridized carbons (Fsp3) is 0.381. The molecule has 8 heteroatoms. The Morgan fingerprint density at radius 3 is 2.72 bits per heavy atom. The molecule has 1 amide bonds. The van der Waals surface area contributed by atoms with Crippen LogP contribution in [0.1, 0.15) is 46.5 Å². The second-order valence-corrected chi connectivity index (χ2v) is 10.9. The molecule has 4 rings (SSSR count). The van der Waals surface area contributed by atoms with E-state index in [9.17, 15) is 13.2 Å². The molecule has 0 spiro atoms. The van der Waals surface area contributed by atoms with Crippen LogP contribution < -0.4 is 5.73 Å². The number of amides is 1. The van der Waals surface area contributed by atoms with Crippen LogP contribution in [0.4, 0.5) is 0 Å². The lowest BCUT2D eigenvalue weighted by Crippen LogP contribution is -2.22. The molecule has 3 N–H and O–H groups in total. The molecular weight excluding hydrogens is 408 g/mol. The molecule has 3 aromatic rings. The highest BCUT2D eigenvalue weighted by Crippen LogP contribution is 2.38. The summed E-state index contributed by atoms with van der Waals surface area (Å²) in [5.74, 6) is 0.0827. The topological polar surface area (TPSA) is 102 Å². The van der Waals surface area contributed by atoms with Crippen molar-refractivity contribution < 1.29 is 17.9 Å². The van der Waals surface area contributed by atoms with Crippen LogP contribution in [0.2, 0.25) is 0 Å². The lowest BCUT2D eigenvalue weighted by molar-refractivity contribution is 0.100. The summed E-state index contributed by atoms with van der Waals surface area (Å²) < 4.78 is 29.1. The summed E-state index contributed by atoms with van der Waals surface area (Å²) in [4.78, 5) is 17.5. The second kappa shape index (κ2) is 7.93. The number of primary amides is 1. The third-order valence-corrected chi connectivity index (χ3v) is 8.30. The Hall–Kier alpha value is -2.16. The van der Waals surface area contributed by atoms with Crippen LogP contribution in [0, 0.1) is 0 Å². The van der Waals surface area contributed by atoms with Crippen molar-refractivity contribution in [2.24, 2.45) is 5.73 Å². The van der Waals surface area contributed by atoms with Gasteiger partial charge in [-0.1, -0.05) is 0 Å². The fourth-order valence-electron chi connectivity index (χ4n) is 3.94. The van der Waals surface area contributed by atoms with Gasteiger partial charge in [0.2, 0.25) is 0 Å². The molecule has 2 aromatic heterocycles. The Labute approximate surface area is 174 Å². The van der Waals surface area contributed by atoms with Gasteiger partial charge in [-0.25, -0.2) is 8.42 Å². The molecule has 0 aliphatic carbocycles. The third-order valence-electron chi connectivity index (χ3n) is 5.48. The van der Waals surface area contributed by atoms with E-state index in [4.69, 9.17) is 10.5 Å². The number of rotatable bonds is 6. The molecule has 0 atom stereocenters. The van der Waals surface area contributed by atoms with Crippen molar-refractivity contribution in [2.75, 3.05) is 18.1 Å². The van der Waals surface area contributed by atoms with Gasteiger partial charge in [0.25, 0.3) is 5.91 Å². The summed E-state index contributed by atoms with van der Waals surface area (Å²) in [5, 5.41) is 0.945. The van der Waals surface area contributed by atoms with E-state index in [2.05, 4.69) is 11.1 Å². The van der Waals surface area contributed by atoms with Crippen molar-refractivity contribution in [3.8, 4) is 10.4 Å². The molecule has 1 aliphatic rings. The highest BCUT2D eigenvalue weighted by atomic mass is 32.2. The van der Waals surface area contributed by atoms with E-state index in [0.717, 1.165) is 31.8 Å². The minimum atomic E-state index is -2.93. The van der Waals surface area contributed by atoms with Crippen LogP contribution in [-0.4, -0.2) is 37.4 Å². The van der Waals surface area contributed by atoms with Crippen LogP contribution in [0.5, 0.6) is 0 Å². The summed E-state index contributed by atoms with van der Waals surface area (Å²) in [6.07, 6.45) is 3.10. The second-order valence-electron chi connectivity index (χ2n) is 7.38. The monoisotopic (exact) mass is 432 g/mol. The highest BCUT2D eigenvalue weighted by Gasteiger charge is 2.27. The zero-order chi connectivity index (χ0) is 20.6. The first-order valence-electron chi connectivity index (χ1n) is 9.70. The molecule has 1 aliphatic heterocycles. The quantitative estimate of drug-likeness (QED) is 0.618. The minimum Gasteiger partial charge on any atom is -0.376 e. The van der Waals surface area contributed by atoms with E-state index in [1.807, 2.05) is 31.3 Å². The van der Waals surface area contributed by atoms with Crippen LogP contribution in [0.25, 0.3) is 21.3 Å². The predicted octanol–water partition coefficient (Wildman–Crippen LogP) is 3.82. The summed E-state index contributed by atoms with van der Waals surface area (Å²) in [6, 6.07) is 7.97. The zero-order valence-corrected chi connectivity index (χ0v) is 17.9. The van der Waals surface area contributed by atoms with E-state index in [1.165, 1.54) is 0 Å². The highest BCUT2D eigenvalue weighted by molar-refractivity contribution is 7.91. The number of nitrogens with two attached hydrogens (primary N) is 1. The molecule has 3 heterocycles. The Morgan fingerprint density at radius 2 is 2.03 bits per heavy atom. The number of H-pyrrole nitrogens is 1. The maximum atomic E-state index is 12.1. The average Bonchev–Trinajstić information content (AvgIpc) is 3.32. The number of ether oxygens (including phenoxy) is 1. The molecule has 6 nitrogen and oxygen atoms in total. The first-order valence-corrected chi connectivity index (χ1v) is 12.3. The maximum absolute atomic E-state index is 12.1. The van der Waals surface area contributed by atoms with Gasteiger partial charge in [-0.05, 0) is 61.1 Å². The normalized spacial score (nSPS) is 17.0. The van der Waals surface area contributed by atoms with Gasteiger partial charge in [0.05, 0.1) is 29.2 Å². The largest absolute Gasteiger partial charge is 0.376 e. The van der Waals surface area contributed by atoms with Crippen molar-refractivity contribution in [1.82, 2.24) is 4.98 Å². The third kappa shape index (κ3) is 4.10. The molecule has 0 saturated carbocycles. The molecule has 1 fully saturated rings. The van der Waals surface area contributed by atoms with Gasteiger partial charge < -0.3 is 15.5 Å². The van der Waals surface area contributed by atoms with E-state index in [0.29, 0.717) is 31.6 Å². The number of thiophene rings is 1. The van der Waals surface area contributed by atoms with E-state index >= 15 is 0 Å². The number of fused-ring (bicyclic) bond motifs is 1. The summed E-state index contributed by atoms with van der Waals surface area (Å²) in [7, 11) is -2.93. The summed E-state index contributed by atoms with van der Waals surface area (Å²) in [5.41, 5.74) is 8.83. The van der Waals surface area contributed by atoms with Crippen molar-refractivity contribution in [3.63, 3.8) is 0 Å². The number of nitrogens with one attached hydrogen (secondary N) is 1.